The van der Waals surface area contributed by atoms with E-state index in [4.69, 9.17) is 32.7 Å². The zero-order valence-corrected chi connectivity index (χ0v) is 39.2. The Kier molecular flexibility index (Phi) is 15.5. The summed E-state index contributed by atoms with van der Waals surface area (Å²) in [7, 11) is -2.54. The number of fused-ring (bicyclic) bond motifs is 2. The molecular weight excluding hydrogens is 990 g/mol. The molecule has 3 aliphatic rings. The first kappa shape index (κ1) is 52.4. The number of benzene rings is 4. The Morgan fingerprint density at radius 3 is 2.09 bits per heavy atom. The maximum atomic E-state index is 13.9. The number of nitrogens with zero attached hydrogens (tertiary/aromatic N) is 3. The van der Waals surface area contributed by atoms with Gasteiger partial charge in [0.15, 0.2) is 0 Å². The highest BCUT2D eigenvalue weighted by atomic mass is 35.5. The average Bonchev–Trinajstić information content (AvgIpc) is 3.60. The van der Waals surface area contributed by atoms with E-state index in [1.807, 2.05) is 18.2 Å². The largest absolute Gasteiger partial charge is 0.416 e. The van der Waals surface area contributed by atoms with Crippen LogP contribution in [0.15, 0.2) is 89.8 Å². The number of piperidine rings is 1. The van der Waals surface area contributed by atoms with Crippen molar-refractivity contribution < 1.29 is 67.0 Å². The van der Waals surface area contributed by atoms with Crippen LogP contribution in [0.5, 0.6) is 0 Å². The molecular formula is C47H47Cl2F9N4O6S. The highest BCUT2D eigenvalue weighted by molar-refractivity contribution is 7.89. The summed E-state index contributed by atoms with van der Waals surface area (Å²) in [6.45, 7) is 0.934. The molecule has 2 heterocycles. The molecule has 2 fully saturated rings. The number of likely N-dealkylation sites (tertiary alicyclic amines) is 1. The van der Waals surface area contributed by atoms with Crippen LogP contribution >= 0.6 is 23.2 Å². The fraction of sp³-hybridized carbons (Fsp3) is 0.447. The number of ether oxygens (including phenoxy) is 2. The number of hydrogen-bond acceptors (Lipinski definition) is 7. The first-order chi connectivity index (χ1) is 32.3. The Balaban J connectivity index is 0.991. The molecule has 4 aromatic carbocycles. The molecule has 2 saturated heterocycles. The standard InChI is InChI=1S/C47H47Cl2F9N4O6S/c1-60(17-4-16-59-69(65,66)36-10-7-32(8-11-36)45(50,51)52)41(63)28-67-40-25-30-5-2-3-6-37(30)43(40)13-18-61(19-14-43)20-15-44(33-9-12-38(48)39(49)27-33)29-62(21-22-68-44)42(64)31-23-34(46(53,54)55)26-35(24-31)47(56,57)58/h2-3,5-12,23-24,26-27,40,59H,4,13-22,25,28-29H2,1H3/t40-,44-/m0/s1. The van der Waals surface area contributed by atoms with E-state index in [2.05, 4.69) is 15.7 Å². The number of nitrogens with one attached hydrogen (secondary N) is 1. The predicted octanol–water partition coefficient (Wildman–Crippen LogP) is 9.61. The minimum Gasteiger partial charge on any atom is -0.367 e. The number of sulfonamides is 1. The van der Waals surface area contributed by atoms with Gasteiger partial charge in [0.1, 0.15) is 12.2 Å². The van der Waals surface area contributed by atoms with E-state index in [9.17, 15) is 57.5 Å². The van der Waals surface area contributed by atoms with Crippen LogP contribution in [-0.2, 0) is 60.3 Å². The van der Waals surface area contributed by atoms with Gasteiger partial charge in [-0.2, -0.15) is 39.5 Å². The fourth-order valence-corrected chi connectivity index (χ4v) is 10.8. The third-order valence-electron chi connectivity index (χ3n) is 13.2. The van der Waals surface area contributed by atoms with Crippen LogP contribution in [0.25, 0.3) is 0 Å². The van der Waals surface area contributed by atoms with Crippen molar-refractivity contribution in [2.45, 2.75) is 72.6 Å². The van der Waals surface area contributed by atoms with Crippen molar-refractivity contribution in [1.82, 2.24) is 19.4 Å². The maximum Gasteiger partial charge on any atom is 0.416 e. The van der Waals surface area contributed by atoms with Crippen LogP contribution in [0.2, 0.25) is 10.0 Å². The van der Waals surface area contributed by atoms with E-state index in [1.165, 1.54) is 9.80 Å². The van der Waals surface area contributed by atoms with Gasteiger partial charge in [-0.15, -0.1) is 0 Å². The Labute approximate surface area is 402 Å². The van der Waals surface area contributed by atoms with Gasteiger partial charge in [-0.1, -0.05) is 53.5 Å². The SMILES string of the molecule is CN(CCCNS(=O)(=O)c1ccc(C(F)(F)F)cc1)C(=O)CO[C@H]1Cc2ccccc2C12CCN(CC[C@@]1(c3ccc(Cl)c(Cl)c3)CN(C(=O)c3cc(C(F)(F)F)cc(C(F)(F)F)c3)CCO1)CC2. The first-order valence-electron chi connectivity index (χ1n) is 21.8. The zero-order valence-electron chi connectivity index (χ0n) is 36.9. The molecule has 4 aromatic rings. The van der Waals surface area contributed by atoms with Crippen LogP contribution in [0.4, 0.5) is 39.5 Å². The average molecular weight is 1040 g/mol. The van der Waals surface area contributed by atoms with Crippen molar-refractivity contribution in [2.75, 3.05) is 66.1 Å². The lowest BCUT2D eigenvalue weighted by Gasteiger charge is -2.46. The Morgan fingerprint density at radius 2 is 1.46 bits per heavy atom. The van der Waals surface area contributed by atoms with Gasteiger partial charge in [0.2, 0.25) is 15.9 Å². The van der Waals surface area contributed by atoms with Crippen LogP contribution in [0.1, 0.15) is 69.4 Å². The Hall–Kier alpha value is -4.44. The smallest absolute Gasteiger partial charge is 0.367 e. The van der Waals surface area contributed by atoms with Gasteiger partial charge in [-0.25, -0.2) is 13.1 Å². The van der Waals surface area contributed by atoms with Gasteiger partial charge in [0, 0.05) is 44.2 Å². The molecule has 0 radical (unpaired) electrons. The van der Waals surface area contributed by atoms with Crippen LogP contribution in [0.3, 0.4) is 0 Å². The Bertz CT molecular complexity index is 2600. The molecule has 374 valence electrons. The predicted molar refractivity (Wildman–Crippen MR) is 237 cm³/mol. The van der Waals surface area contributed by atoms with E-state index in [0.29, 0.717) is 68.7 Å². The van der Waals surface area contributed by atoms with Crippen LogP contribution < -0.4 is 4.72 Å². The van der Waals surface area contributed by atoms with E-state index in [0.717, 1.165) is 23.3 Å². The summed E-state index contributed by atoms with van der Waals surface area (Å²) in [4.78, 5) is 31.7. The molecule has 10 nitrogen and oxygen atoms in total. The second-order valence-electron chi connectivity index (χ2n) is 17.5. The number of amides is 2. The molecule has 2 amide bonds. The van der Waals surface area contributed by atoms with Crippen molar-refractivity contribution in [3.8, 4) is 0 Å². The van der Waals surface area contributed by atoms with Crippen molar-refractivity contribution in [3.63, 3.8) is 0 Å². The third-order valence-corrected chi connectivity index (χ3v) is 15.4. The number of likely N-dealkylation sites (N-methyl/N-ethyl adjacent to an activating group) is 1. The summed E-state index contributed by atoms with van der Waals surface area (Å²) < 4.78 is 162. The van der Waals surface area contributed by atoms with Crippen molar-refractivity contribution in [3.05, 3.63) is 134 Å². The van der Waals surface area contributed by atoms with Gasteiger partial charge in [-0.3, -0.25) is 9.59 Å². The van der Waals surface area contributed by atoms with E-state index in [-0.39, 0.29) is 85.3 Å². The van der Waals surface area contributed by atoms with Gasteiger partial charge in [-0.05, 0) is 116 Å². The summed E-state index contributed by atoms with van der Waals surface area (Å²) in [6, 6.07) is 16.6. The molecule has 2 atom stereocenters. The lowest BCUT2D eigenvalue weighted by molar-refractivity contribution is -0.143. The molecule has 0 saturated carbocycles. The van der Waals surface area contributed by atoms with E-state index in [1.54, 1.807) is 25.2 Å². The van der Waals surface area contributed by atoms with Crippen LogP contribution in [-0.4, -0.2) is 107 Å². The summed E-state index contributed by atoms with van der Waals surface area (Å²) in [5.74, 6) is -1.37. The number of carbonyl (C=O) groups is 2. The summed E-state index contributed by atoms with van der Waals surface area (Å²) in [5, 5.41) is 0.403. The topological polar surface area (TPSA) is 108 Å². The first-order valence-corrected chi connectivity index (χ1v) is 24.1. The molecule has 0 aromatic heterocycles. The molecule has 2 aliphatic heterocycles. The normalized spacial score (nSPS) is 20.0. The number of halogens is 11. The van der Waals surface area contributed by atoms with E-state index >= 15 is 0 Å². The molecule has 0 unspecified atom stereocenters. The van der Waals surface area contributed by atoms with E-state index < -0.39 is 67.7 Å². The second kappa shape index (κ2) is 20.4. The highest BCUT2D eigenvalue weighted by Crippen LogP contribution is 2.48. The zero-order chi connectivity index (χ0) is 50.2. The van der Waals surface area contributed by atoms with Gasteiger partial charge in [0.25, 0.3) is 5.91 Å². The number of rotatable bonds is 14. The van der Waals surface area contributed by atoms with Crippen molar-refractivity contribution >= 4 is 45.0 Å². The van der Waals surface area contributed by atoms with Crippen molar-refractivity contribution in [2.24, 2.45) is 0 Å². The molecule has 22 heteroatoms. The van der Waals surface area contributed by atoms with Gasteiger partial charge >= 0.3 is 18.5 Å². The number of carbonyl (C=O) groups excluding carboxylic acids is 2. The van der Waals surface area contributed by atoms with Gasteiger partial charge < -0.3 is 24.2 Å². The monoisotopic (exact) mass is 1040 g/mol. The lowest BCUT2D eigenvalue weighted by atomic mass is 9.72. The fourth-order valence-electron chi connectivity index (χ4n) is 9.38. The van der Waals surface area contributed by atoms with Gasteiger partial charge in [0.05, 0.1) is 50.9 Å². The molecule has 1 N–H and O–H groups in total. The number of morpholine rings is 1. The molecule has 1 aliphatic carbocycles. The minimum atomic E-state index is -5.15. The lowest BCUT2D eigenvalue weighted by Crippen LogP contribution is -2.54. The number of alkyl halides is 9. The summed E-state index contributed by atoms with van der Waals surface area (Å²) in [6.07, 6.45) is -13.0. The molecule has 7 rings (SSSR count). The van der Waals surface area contributed by atoms with Crippen molar-refractivity contribution in [1.29, 1.82) is 0 Å². The third kappa shape index (κ3) is 11.9. The number of hydrogen-bond donors (Lipinski definition) is 1. The maximum absolute atomic E-state index is 13.9. The molecule has 0 bridgehead atoms. The summed E-state index contributed by atoms with van der Waals surface area (Å²) in [5.41, 5.74) is -4.02. The summed E-state index contributed by atoms with van der Waals surface area (Å²) >= 11 is 12.7. The molecule has 1 spiro atoms. The second-order valence-corrected chi connectivity index (χ2v) is 20.1. The minimum absolute atomic E-state index is 0.0291. The van der Waals surface area contributed by atoms with Crippen LogP contribution in [0, 0.1) is 0 Å². The highest BCUT2D eigenvalue weighted by Gasteiger charge is 2.50. The molecule has 69 heavy (non-hydrogen) atoms. The quantitative estimate of drug-likeness (QED) is 0.0991. The Morgan fingerprint density at radius 1 is 0.826 bits per heavy atom.